The molecule has 1 aromatic rings. The Morgan fingerprint density at radius 3 is 2.47 bits per heavy atom. The van der Waals surface area contributed by atoms with Gasteiger partial charge < -0.3 is 20.1 Å². The molecule has 0 aliphatic carbocycles. The van der Waals surface area contributed by atoms with Gasteiger partial charge in [0.05, 0.1) is 18.4 Å². The fraction of sp³-hybridized carbons (Fsp3) is 0.273. The van der Waals surface area contributed by atoms with Crippen LogP contribution in [-0.2, 0) is 0 Å². The molecular weight excluding hydrogens is 224 g/mol. The number of carbonyl (C=O) groups is 2. The van der Waals surface area contributed by atoms with Gasteiger partial charge in [-0.15, -0.1) is 0 Å². The highest BCUT2D eigenvalue weighted by molar-refractivity contribution is 6.00. The molecule has 0 spiro atoms. The van der Waals surface area contributed by atoms with E-state index in [0.29, 0.717) is 5.75 Å². The van der Waals surface area contributed by atoms with E-state index in [1.165, 1.54) is 30.2 Å². The number of carboxylic acid groups (broad SMARTS) is 1. The minimum Gasteiger partial charge on any atom is -0.497 e. The standard InChI is InChI=1S/C11H14N2O4/c1-13(2)11(16)12-9-6-7(17-3)4-5-8(9)10(14)15/h4-6H,1-3H3,(H,12,16)(H,14,15). The summed E-state index contributed by atoms with van der Waals surface area (Å²) in [6.07, 6.45) is 0. The predicted molar refractivity (Wildman–Crippen MR) is 62.7 cm³/mol. The van der Waals surface area contributed by atoms with Gasteiger partial charge in [-0.3, -0.25) is 0 Å². The van der Waals surface area contributed by atoms with Crippen molar-refractivity contribution < 1.29 is 19.4 Å². The molecule has 0 aliphatic heterocycles. The smallest absolute Gasteiger partial charge is 0.337 e. The molecule has 92 valence electrons. The van der Waals surface area contributed by atoms with Gasteiger partial charge in [0.1, 0.15) is 5.75 Å². The Kier molecular flexibility index (Phi) is 3.92. The fourth-order valence-corrected chi connectivity index (χ4v) is 1.17. The molecule has 0 saturated heterocycles. The second kappa shape index (κ2) is 5.20. The van der Waals surface area contributed by atoms with Crippen LogP contribution in [0.25, 0.3) is 0 Å². The van der Waals surface area contributed by atoms with Crippen LogP contribution in [0.1, 0.15) is 10.4 Å². The number of carbonyl (C=O) groups excluding carboxylic acids is 1. The van der Waals surface area contributed by atoms with Crippen LogP contribution in [0.4, 0.5) is 10.5 Å². The summed E-state index contributed by atoms with van der Waals surface area (Å²) in [5, 5.41) is 11.5. The highest BCUT2D eigenvalue weighted by Crippen LogP contribution is 2.22. The van der Waals surface area contributed by atoms with Crippen LogP contribution in [0.3, 0.4) is 0 Å². The third-order valence-electron chi connectivity index (χ3n) is 2.10. The lowest BCUT2D eigenvalue weighted by atomic mass is 10.1. The summed E-state index contributed by atoms with van der Waals surface area (Å²) >= 11 is 0. The Bertz CT molecular complexity index is 443. The summed E-state index contributed by atoms with van der Waals surface area (Å²) in [6, 6.07) is 3.97. The molecule has 0 radical (unpaired) electrons. The van der Waals surface area contributed by atoms with Gasteiger partial charge in [-0.25, -0.2) is 9.59 Å². The molecule has 0 heterocycles. The predicted octanol–water partition coefficient (Wildman–Crippen LogP) is 1.49. The van der Waals surface area contributed by atoms with Crippen LogP contribution in [0.2, 0.25) is 0 Å². The van der Waals surface area contributed by atoms with E-state index in [-0.39, 0.29) is 11.3 Å². The molecule has 0 atom stereocenters. The Balaban J connectivity index is 3.09. The molecule has 0 unspecified atom stereocenters. The van der Waals surface area contributed by atoms with Gasteiger partial charge in [0.25, 0.3) is 0 Å². The Hall–Kier alpha value is -2.24. The topological polar surface area (TPSA) is 78.9 Å². The first-order valence-corrected chi connectivity index (χ1v) is 4.85. The minimum absolute atomic E-state index is 0.0148. The van der Waals surface area contributed by atoms with E-state index in [2.05, 4.69) is 5.32 Å². The number of amides is 2. The first-order chi connectivity index (χ1) is 7.95. The van der Waals surface area contributed by atoms with Crippen molar-refractivity contribution in [1.29, 1.82) is 0 Å². The molecule has 0 aromatic heterocycles. The van der Waals surface area contributed by atoms with Crippen molar-refractivity contribution in [2.45, 2.75) is 0 Å². The van der Waals surface area contributed by atoms with Gasteiger partial charge in [0.15, 0.2) is 0 Å². The van der Waals surface area contributed by atoms with E-state index in [4.69, 9.17) is 9.84 Å². The highest BCUT2D eigenvalue weighted by atomic mass is 16.5. The molecule has 0 fully saturated rings. The second-order valence-electron chi connectivity index (χ2n) is 3.54. The molecule has 2 amide bonds. The number of hydrogen-bond donors (Lipinski definition) is 2. The molecule has 0 aliphatic rings. The lowest BCUT2D eigenvalue weighted by molar-refractivity contribution is 0.0698. The zero-order valence-corrected chi connectivity index (χ0v) is 9.85. The van der Waals surface area contributed by atoms with Gasteiger partial charge in [-0.05, 0) is 12.1 Å². The first-order valence-electron chi connectivity index (χ1n) is 4.85. The van der Waals surface area contributed by atoms with Crippen molar-refractivity contribution in [3.05, 3.63) is 23.8 Å². The number of nitrogens with zero attached hydrogens (tertiary/aromatic N) is 1. The lowest BCUT2D eigenvalue weighted by Gasteiger charge is -2.14. The van der Waals surface area contributed by atoms with Gasteiger partial charge in [0, 0.05) is 20.2 Å². The van der Waals surface area contributed by atoms with Crippen LogP contribution in [0, 0.1) is 0 Å². The zero-order chi connectivity index (χ0) is 13.0. The maximum Gasteiger partial charge on any atom is 0.337 e. The van der Waals surface area contributed by atoms with Crippen molar-refractivity contribution in [1.82, 2.24) is 4.90 Å². The summed E-state index contributed by atoms with van der Waals surface area (Å²) < 4.78 is 4.97. The second-order valence-corrected chi connectivity index (χ2v) is 3.54. The van der Waals surface area contributed by atoms with E-state index in [0.717, 1.165) is 0 Å². The minimum atomic E-state index is -1.11. The molecular formula is C11H14N2O4. The van der Waals surface area contributed by atoms with E-state index < -0.39 is 12.0 Å². The Morgan fingerprint density at radius 1 is 1.35 bits per heavy atom. The number of hydrogen-bond acceptors (Lipinski definition) is 3. The maximum atomic E-state index is 11.5. The average Bonchev–Trinajstić information content (AvgIpc) is 2.28. The third kappa shape index (κ3) is 3.10. The quantitative estimate of drug-likeness (QED) is 0.836. The molecule has 6 nitrogen and oxygen atoms in total. The number of methoxy groups -OCH3 is 1. The Labute approximate surface area is 98.8 Å². The van der Waals surface area contributed by atoms with E-state index in [1.807, 2.05) is 0 Å². The Morgan fingerprint density at radius 2 is 2.00 bits per heavy atom. The summed E-state index contributed by atoms with van der Waals surface area (Å²) in [7, 11) is 4.60. The van der Waals surface area contributed by atoms with Gasteiger partial charge in [-0.2, -0.15) is 0 Å². The molecule has 2 N–H and O–H groups in total. The molecule has 0 saturated carbocycles. The molecule has 1 rings (SSSR count). The van der Waals surface area contributed by atoms with Crippen LogP contribution in [0.15, 0.2) is 18.2 Å². The van der Waals surface area contributed by atoms with Crippen molar-refractivity contribution in [2.24, 2.45) is 0 Å². The van der Waals surface area contributed by atoms with Crippen LogP contribution < -0.4 is 10.1 Å². The van der Waals surface area contributed by atoms with Crippen molar-refractivity contribution in [2.75, 3.05) is 26.5 Å². The number of aromatic carboxylic acids is 1. The van der Waals surface area contributed by atoms with E-state index in [1.54, 1.807) is 14.1 Å². The highest BCUT2D eigenvalue weighted by Gasteiger charge is 2.14. The van der Waals surface area contributed by atoms with Gasteiger partial charge in [-0.1, -0.05) is 0 Å². The summed E-state index contributed by atoms with van der Waals surface area (Å²) in [4.78, 5) is 23.7. The van der Waals surface area contributed by atoms with Crippen LogP contribution in [0.5, 0.6) is 5.75 Å². The summed E-state index contributed by atoms with van der Waals surface area (Å²) in [5.74, 6) is -0.634. The molecule has 0 bridgehead atoms. The molecule has 17 heavy (non-hydrogen) atoms. The van der Waals surface area contributed by atoms with Crippen molar-refractivity contribution >= 4 is 17.7 Å². The number of nitrogens with one attached hydrogen (secondary N) is 1. The van der Waals surface area contributed by atoms with Crippen LogP contribution >= 0.6 is 0 Å². The van der Waals surface area contributed by atoms with Crippen molar-refractivity contribution in [3.63, 3.8) is 0 Å². The zero-order valence-electron chi connectivity index (χ0n) is 9.85. The number of anilines is 1. The molecule has 1 aromatic carbocycles. The fourth-order valence-electron chi connectivity index (χ4n) is 1.17. The van der Waals surface area contributed by atoms with Crippen molar-refractivity contribution in [3.8, 4) is 5.75 Å². The largest absolute Gasteiger partial charge is 0.497 e. The average molecular weight is 238 g/mol. The van der Waals surface area contributed by atoms with E-state index in [9.17, 15) is 9.59 Å². The lowest BCUT2D eigenvalue weighted by Crippen LogP contribution is -2.28. The number of ether oxygens (including phenoxy) is 1. The van der Waals surface area contributed by atoms with Gasteiger partial charge >= 0.3 is 12.0 Å². The first kappa shape index (κ1) is 12.8. The summed E-state index contributed by atoms with van der Waals surface area (Å²) in [6.45, 7) is 0. The van der Waals surface area contributed by atoms with Crippen LogP contribution in [-0.4, -0.2) is 43.2 Å². The number of urea groups is 1. The monoisotopic (exact) mass is 238 g/mol. The van der Waals surface area contributed by atoms with E-state index >= 15 is 0 Å². The molecule has 6 heteroatoms. The normalized spacial score (nSPS) is 9.59. The maximum absolute atomic E-state index is 11.5. The summed E-state index contributed by atoms with van der Waals surface area (Å²) in [5.41, 5.74) is 0.219. The number of carboxylic acids is 1. The number of benzene rings is 1. The SMILES string of the molecule is COc1ccc(C(=O)O)c(NC(=O)N(C)C)c1. The number of rotatable bonds is 3. The third-order valence-corrected chi connectivity index (χ3v) is 2.10. The van der Waals surface area contributed by atoms with Gasteiger partial charge in [0.2, 0.25) is 0 Å².